The molecule has 1 aromatic rings. The lowest BCUT2D eigenvalue weighted by Crippen LogP contribution is -2.28. The molecule has 0 spiro atoms. The van der Waals surface area contributed by atoms with Gasteiger partial charge in [-0.3, -0.25) is 0 Å². The Labute approximate surface area is 140 Å². The predicted molar refractivity (Wildman–Crippen MR) is 95.8 cm³/mol. The van der Waals surface area contributed by atoms with Crippen molar-refractivity contribution in [2.45, 2.75) is 58.3 Å². The van der Waals surface area contributed by atoms with Crippen LogP contribution in [0.2, 0.25) is 0 Å². The van der Waals surface area contributed by atoms with Crippen LogP contribution in [0, 0.1) is 5.92 Å². The van der Waals surface area contributed by atoms with Crippen LogP contribution in [0.5, 0.6) is 0 Å². The molecule has 1 aliphatic heterocycles. The molecule has 0 saturated carbocycles. The lowest BCUT2D eigenvalue weighted by atomic mass is 10.0. The van der Waals surface area contributed by atoms with E-state index in [9.17, 15) is 0 Å². The first-order valence-electron chi connectivity index (χ1n) is 9.39. The van der Waals surface area contributed by atoms with Gasteiger partial charge in [0.15, 0.2) is 0 Å². The van der Waals surface area contributed by atoms with Gasteiger partial charge in [0.1, 0.15) is 5.82 Å². The molecule has 5 nitrogen and oxygen atoms in total. The molecule has 2 aliphatic rings. The Bertz CT molecular complexity index is 516. The monoisotopic (exact) mass is 317 g/mol. The molecule has 0 bridgehead atoms. The molecule has 3 N–H and O–H groups in total. The Hall–Kier alpha value is -1.36. The van der Waals surface area contributed by atoms with Crippen LogP contribution < -0.4 is 16.0 Å². The topological polar surface area (TPSA) is 67.1 Å². The fourth-order valence-electron chi connectivity index (χ4n) is 3.92. The molecule has 3 rings (SSSR count). The van der Waals surface area contributed by atoms with Crippen LogP contribution >= 0.6 is 0 Å². The van der Waals surface area contributed by atoms with Crippen molar-refractivity contribution in [2.24, 2.45) is 5.92 Å². The maximum atomic E-state index is 6.03. The summed E-state index contributed by atoms with van der Waals surface area (Å²) < 4.78 is 0. The van der Waals surface area contributed by atoms with Gasteiger partial charge in [0.2, 0.25) is 5.95 Å². The third-order valence-corrected chi connectivity index (χ3v) is 5.20. The van der Waals surface area contributed by atoms with Crippen molar-refractivity contribution in [2.75, 3.05) is 36.8 Å². The summed E-state index contributed by atoms with van der Waals surface area (Å²) >= 11 is 0. The van der Waals surface area contributed by atoms with Crippen LogP contribution in [0.25, 0.3) is 0 Å². The third-order valence-electron chi connectivity index (χ3n) is 5.20. The van der Waals surface area contributed by atoms with E-state index < -0.39 is 0 Å². The molecule has 0 amide bonds. The number of anilines is 2. The van der Waals surface area contributed by atoms with Gasteiger partial charge in [0, 0.05) is 18.7 Å². The van der Waals surface area contributed by atoms with Crippen LogP contribution in [0.15, 0.2) is 0 Å². The SMILES string of the molecule is CCNCC1CCN(c2nc(N)nc3c2CCCCCCC3)C1. The van der Waals surface area contributed by atoms with E-state index in [1.165, 1.54) is 49.8 Å². The number of aromatic nitrogens is 2. The minimum atomic E-state index is 0.452. The Morgan fingerprint density at radius 1 is 1.13 bits per heavy atom. The van der Waals surface area contributed by atoms with Gasteiger partial charge >= 0.3 is 0 Å². The van der Waals surface area contributed by atoms with Crippen molar-refractivity contribution in [3.05, 3.63) is 11.3 Å². The van der Waals surface area contributed by atoms with Crippen molar-refractivity contribution in [3.63, 3.8) is 0 Å². The number of fused-ring (bicyclic) bond motifs is 1. The zero-order valence-corrected chi connectivity index (χ0v) is 14.5. The van der Waals surface area contributed by atoms with Crippen LogP contribution in [0.4, 0.5) is 11.8 Å². The van der Waals surface area contributed by atoms with E-state index in [1.54, 1.807) is 0 Å². The van der Waals surface area contributed by atoms with Crippen molar-refractivity contribution in [3.8, 4) is 0 Å². The normalized spacial score (nSPS) is 22.3. The molecule has 2 heterocycles. The molecule has 1 aliphatic carbocycles. The van der Waals surface area contributed by atoms with Gasteiger partial charge in [-0.05, 0) is 51.1 Å². The summed E-state index contributed by atoms with van der Waals surface area (Å²) in [5.41, 5.74) is 8.63. The number of nitrogens with zero attached hydrogens (tertiary/aromatic N) is 3. The molecule has 23 heavy (non-hydrogen) atoms. The highest BCUT2D eigenvalue weighted by atomic mass is 15.2. The van der Waals surface area contributed by atoms with E-state index in [-0.39, 0.29) is 0 Å². The van der Waals surface area contributed by atoms with E-state index in [4.69, 9.17) is 5.73 Å². The minimum Gasteiger partial charge on any atom is -0.368 e. The van der Waals surface area contributed by atoms with Gasteiger partial charge in [0.25, 0.3) is 0 Å². The number of nitrogens with one attached hydrogen (secondary N) is 1. The highest BCUT2D eigenvalue weighted by molar-refractivity contribution is 5.53. The van der Waals surface area contributed by atoms with Gasteiger partial charge in [0.05, 0.1) is 5.69 Å². The van der Waals surface area contributed by atoms with Gasteiger partial charge in [-0.25, -0.2) is 4.98 Å². The van der Waals surface area contributed by atoms with Crippen LogP contribution in [0.1, 0.15) is 56.7 Å². The molecule has 1 saturated heterocycles. The number of rotatable bonds is 4. The summed E-state index contributed by atoms with van der Waals surface area (Å²) in [7, 11) is 0. The van der Waals surface area contributed by atoms with Gasteiger partial charge in [-0.2, -0.15) is 4.98 Å². The van der Waals surface area contributed by atoms with Crippen LogP contribution in [-0.2, 0) is 12.8 Å². The highest BCUT2D eigenvalue weighted by Gasteiger charge is 2.26. The number of nitrogen functional groups attached to an aromatic ring is 1. The minimum absolute atomic E-state index is 0.452. The fourth-order valence-corrected chi connectivity index (χ4v) is 3.92. The molecule has 1 unspecified atom stereocenters. The van der Waals surface area contributed by atoms with Crippen LogP contribution in [0.3, 0.4) is 0 Å². The first-order valence-corrected chi connectivity index (χ1v) is 9.39. The average molecular weight is 317 g/mol. The number of hydrogen-bond acceptors (Lipinski definition) is 5. The molecular formula is C18H31N5. The maximum absolute atomic E-state index is 6.03. The van der Waals surface area contributed by atoms with Gasteiger partial charge in [-0.1, -0.05) is 26.2 Å². The van der Waals surface area contributed by atoms with Crippen molar-refractivity contribution < 1.29 is 0 Å². The maximum Gasteiger partial charge on any atom is 0.222 e. The average Bonchev–Trinajstić information content (AvgIpc) is 3.04. The molecule has 128 valence electrons. The first kappa shape index (κ1) is 16.5. The quantitative estimate of drug-likeness (QED) is 0.893. The van der Waals surface area contributed by atoms with Crippen LogP contribution in [-0.4, -0.2) is 36.1 Å². The summed E-state index contributed by atoms with van der Waals surface area (Å²) in [4.78, 5) is 11.7. The van der Waals surface area contributed by atoms with E-state index >= 15 is 0 Å². The second-order valence-corrected chi connectivity index (χ2v) is 7.01. The highest BCUT2D eigenvalue weighted by Crippen LogP contribution is 2.30. The van der Waals surface area contributed by atoms with E-state index in [2.05, 4.69) is 27.1 Å². The Morgan fingerprint density at radius 3 is 2.74 bits per heavy atom. The summed E-state index contributed by atoms with van der Waals surface area (Å²) in [6.45, 7) is 6.51. The predicted octanol–water partition coefficient (Wildman–Crippen LogP) is 2.54. The third kappa shape index (κ3) is 4.14. The lowest BCUT2D eigenvalue weighted by Gasteiger charge is -2.23. The van der Waals surface area contributed by atoms with E-state index in [0.717, 1.165) is 50.8 Å². The zero-order chi connectivity index (χ0) is 16.1. The molecule has 1 atom stereocenters. The first-order chi connectivity index (χ1) is 11.3. The Kier molecular flexibility index (Phi) is 5.70. The van der Waals surface area contributed by atoms with Crippen molar-refractivity contribution in [1.82, 2.24) is 15.3 Å². The molecule has 1 fully saturated rings. The largest absolute Gasteiger partial charge is 0.368 e. The molecule has 0 aromatic carbocycles. The van der Waals surface area contributed by atoms with Gasteiger partial charge < -0.3 is 16.0 Å². The van der Waals surface area contributed by atoms with Crippen molar-refractivity contribution >= 4 is 11.8 Å². The Morgan fingerprint density at radius 2 is 1.91 bits per heavy atom. The number of aryl methyl sites for hydroxylation is 1. The number of nitrogens with two attached hydrogens (primary N) is 1. The second-order valence-electron chi connectivity index (χ2n) is 7.01. The van der Waals surface area contributed by atoms with Gasteiger partial charge in [-0.15, -0.1) is 0 Å². The van der Waals surface area contributed by atoms with E-state index in [0.29, 0.717) is 5.95 Å². The van der Waals surface area contributed by atoms with E-state index in [1.807, 2.05) is 0 Å². The molecular weight excluding hydrogens is 286 g/mol. The standard InChI is InChI=1S/C18H31N5/c1-2-20-12-14-10-11-23(13-14)17-15-8-6-4-3-5-7-9-16(15)21-18(19)22-17/h14,20H,2-13H2,1H3,(H2,19,21,22). The second kappa shape index (κ2) is 7.95. The Balaban J connectivity index is 1.81. The summed E-state index contributed by atoms with van der Waals surface area (Å²) in [6, 6.07) is 0. The molecule has 5 heteroatoms. The summed E-state index contributed by atoms with van der Waals surface area (Å²) in [5, 5.41) is 3.48. The molecule has 1 aromatic heterocycles. The molecule has 0 radical (unpaired) electrons. The smallest absolute Gasteiger partial charge is 0.222 e. The summed E-state index contributed by atoms with van der Waals surface area (Å²) in [6.07, 6.45) is 9.88. The number of hydrogen-bond donors (Lipinski definition) is 2. The van der Waals surface area contributed by atoms with Crippen molar-refractivity contribution in [1.29, 1.82) is 0 Å². The lowest BCUT2D eigenvalue weighted by molar-refractivity contribution is 0.527. The fraction of sp³-hybridized carbons (Fsp3) is 0.778. The zero-order valence-electron chi connectivity index (χ0n) is 14.5. The summed E-state index contributed by atoms with van der Waals surface area (Å²) in [5.74, 6) is 2.31.